The van der Waals surface area contributed by atoms with Crippen LogP contribution in [0.5, 0.6) is 0 Å². The van der Waals surface area contributed by atoms with Gasteiger partial charge in [-0.2, -0.15) is 0 Å². The Kier molecular flexibility index (Phi) is 5.33. The molecule has 0 saturated carbocycles. The predicted molar refractivity (Wildman–Crippen MR) is 41.7 cm³/mol. The van der Waals surface area contributed by atoms with Gasteiger partial charge in [-0.25, -0.2) is 0 Å². The van der Waals surface area contributed by atoms with Crippen LogP contribution in [-0.4, -0.2) is 7.42 Å². The summed E-state index contributed by atoms with van der Waals surface area (Å²) in [6.45, 7) is 4.51. The molecule has 1 atom stereocenters. The molecule has 0 aromatic rings. The second kappa shape index (κ2) is 4.85. The predicted octanol–water partition coefficient (Wildman–Crippen LogP) is 2.54. The molecule has 0 aromatic carbocycles. The van der Waals surface area contributed by atoms with Crippen LogP contribution in [0.1, 0.15) is 20.3 Å². The van der Waals surface area contributed by atoms with E-state index in [2.05, 4.69) is 29.1 Å². The lowest BCUT2D eigenvalue weighted by molar-refractivity contribution is 1.06. The Morgan fingerprint density at radius 3 is 2.14 bits per heavy atom. The van der Waals surface area contributed by atoms with Crippen molar-refractivity contribution in [1.29, 1.82) is 0 Å². The highest BCUT2D eigenvalue weighted by atomic mass is 79.9. The van der Waals surface area contributed by atoms with Crippen molar-refractivity contribution in [2.45, 2.75) is 32.4 Å². The summed E-state index contributed by atoms with van der Waals surface area (Å²) in [5.41, 5.74) is 0. The molecule has 0 saturated heterocycles. The van der Waals surface area contributed by atoms with Crippen LogP contribution in [0, 0.1) is 0 Å². The fourth-order valence-electron chi connectivity index (χ4n) is 0.517. The number of hydrogen-bond acceptors (Lipinski definition) is 0. The molecular formula is C5H13BrSi. The summed E-state index contributed by atoms with van der Waals surface area (Å²) in [7, 11) is -0.369. The van der Waals surface area contributed by atoms with Gasteiger partial charge in [-0.05, 0) is 0 Å². The fraction of sp³-hybridized carbons (Fsp3) is 1.00. The summed E-state index contributed by atoms with van der Waals surface area (Å²) in [4.78, 5) is 0. The van der Waals surface area contributed by atoms with Gasteiger partial charge in [0.05, 0.1) is 0 Å². The zero-order valence-electron chi connectivity index (χ0n) is 5.08. The Hall–Kier alpha value is 0.697. The summed E-state index contributed by atoms with van der Waals surface area (Å²) >= 11 is 3.68. The molecule has 0 amide bonds. The van der Waals surface area contributed by atoms with E-state index in [0.717, 1.165) is 0 Å². The Bertz CT molecular complexity index is 39.1. The molecule has 0 N–H and O–H groups in total. The van der Waals surface area contributed by atoms with E-state index in [0.29, 0.717) is 0 Å². The van der Waals surface area contributed by atoms with Crippen molar-refractivity contribution in [1.82, 2.24) is 0 Å². The van der Waals surface area contributed by atoms with E-state index in [-0.39, 0.29) is 7.42 Å². The summed E-state index contributed by atoms with van der Waals surface area (Å²) in [6.07, 6.45) is 1.36. The number of halogens is 1. The van der Waals surface area contributed by atoms with Crippen LogP contribution >= 0.6 is 15.3 Å². The van der Waals surface area contributed by atoms with E-state index in [1.807, 2.05) is 0 Å². The lowest BCUT2D eigenvalue weighted by Gasteiger charge is -1.97. The maximum atomic E-state index is 3.68. The van der Waals surface area contributed by atoms with Crippen molar-refractivity contribution in [2.75, 3.05) is 0 Å². The van der Waals surface area contributed by atoms with Gasteiger partial charge in [0, 0.05) is 0 Å². The van der Waals surface area contributed by atoms with Gasteiger partial charge in [0.2, 0.25) is 0 Å². The van der Waals surface area contributed by atoms with E-state index < -0.39 is 0 Å². The van der Waals surface area contributed by atoms with Crippen LogP contribution < -0.4 is 0 Å². The van der Waals surface area contributed by atoms with Crippen LogP contribution in [0.3, 0.4) is 0 Å². The minimum atomic E-state index is -0.369. The zero-order chi connectivity index (χ0) is 5.70. The second-order valence-electron chi connectivity index (χ2n) is 1.79. The number of hydrogen-bond donors (Lipinski definition) is 0. The average Bonchev–Trinajstić information content (AvgIpc) is 1.68. The highest BCUT2D eigenvalue weighted by molar-refractivity contribution is 9.24. The van der Waals surface area contributed by atoms with Crippen molar-refractivity contribution in [3.63, 3.8) is 0 Å². The molecule has 0 radical (unpaired) electrons. The van der Waals surface area contributed by atoms with Crippen molar-refractivity contribution in [3.8, 4) is 0 Å². The van der Waals surface area contributed by atoms with Gasteiger partial charge < -0.3 is 0 Å². The fourth-order valence-corrected chi connectivity index (χ4v) is 2.93. The molecule has 0 aliphatic carbocycles. The van der Waals surface area contributed by atoms with Gasteiger partial charge in [0.25, 0.3) is 0 Å². The Morgan fingerprint density at radius 2 is 2.00 bits per heavy atom. The lowest BCUT2D eigenvalue weighted by Crippen LogP contribution is -1.96. The molecule has 0 bridgehead atoms. The minimum Gasteiger partial charge on any atom is -0.131 e. The molecule has 0 heterocycles. The van der Waals surface area contributed by atoms with Gasteiger partial charge >= 0.3 is 0 Å². The molecule has 0 nitrogen and oxygen atoms in total. The molecule has 0 fully saturated rings. The van der Waals surface area contributed by atoms with Gasteiger partial charge in [0.1, 0.15) is 7.42 Å². The second-order valence-corrected chi connectivity index (χ2v) is 8.27. The van der Waals surface area contributed by atoms with E-state index in [1.54, 1.807) is 0 Å². The van der Waals surface area contributed by atoms with Gasteiger partial charge in [-0.1, -0.05) is 32.4 Å². The molecule has 1 unspecified atom stereocenters. The Labute approximate surface area is 55.5 Å². The van der Waals surface area contributed by atoms with Gasteiger partial charge in [0.15, 0.2) is 0 Å². The van der Waals surface area contributed by atoms with E-state index >= 15 is 0 Å². The van der Waals surface area contributed by atoms with Crippen molar-refractivity contribution in [2.24, 2.45) is 0 Å². The van der Waals surface area contributed by atoms with Gasteiger partial charge in [-0.15, -0.1) is 15.3 Å². The van der Waals surface area contributed by atoms with Crippen LogP contribution in [-0.2, 0) is 0 Å². The molecule has 0 aliphatic rings. The maximum Gasteiger partial charge on any atom is 0.114 e. The van der Waals surface area contributed by atoms with Crippen LogP contribution in [0.4, 0.5) is 0 Å². The standard InChI is InChI=1S/C5H13BrSi/c1-3-5-7(6)4-2/h7H,3-5H2,1-2H3. The van der Waals surface area contributed by atoms with Crippen molar-refractivity contribution < 1.29 is 0 Å². The lowest BCUT2D eigenvalue weighted by atomic mass is 10.6. The van der Waals surface area contributed by atoms with Crippen molar-refractivity contribution in [3.05, 3.63) is 0 Å². The first-order chi connectivity index (χ1) is 3.31. The number of rotatable bonds is 3. The first kappa shape index (κ1) is 7.70. The first-order valence-corrected chi connectivity index (χ1v) is 7.77. The summed E-state index contributed by atoms with van der Waals surface area (Å²) in [6, 6.07) is 2.85. The van der Waals surface area contributed by atoms with E-state index in [9.17, 15) is 0 Å². The summed E-state index contributed by atoms with van der Waals surface area (Å²) in [5, 5.41) is 0. The SMILES string of the molecule is CCC[SiH](Br)CC. The highest BCUT2D eigenvalue weighted by Crippen LogP contribution is 2.07. The van der Waals surface area contributed by atoms with E-state index in [1.165, 1.54) is 18.5 Å². The first-order valence-electron chi connectivity index (χ1n) is 2.95. The molecule has 0 spiro atoms. The average molecular weight is 181 g/mol. The third kappa shape index (κ3) is 4.55. The third-order valence-corrected chi connectivity index (χ3v) is 6.45. The van der Waals surface area contributed by atoms with Crippen molar-refractivity contribution >= 4 is 22.7 Å². The van der Waals surface area contributed by atoms with E-state index in [4.69, 9.17) is 0 Å². The Balaban J connectivity index is 2.83. The molecule has 0 rings (SSSR count). The maximum absolute atomic E-state index is 3.68. The molecule has 0 aliphatic heterocycles. The largest absolute Gasteiger partial charge is 0.131 e. The Morgan fingerprint density at radius 1 is 1.43 bits per heavy atom. The molecule has 7 heavy (non-hydrogen) atoms. The molecule has 0 aromatic heterocycles. The highest BCUT2D eigenvalue weighted by Gasteiger charge is 1.97. The monoisotopic (exact) mass is 180 g/mol. The minimum absolute atomic E-state index is 0.369. The zero-order valence-corrected chi connectivity index (χ0v) is 7.82. The normalized spacial score (nSPS) is 14.1. The molecular weight excluding hydrogens is 168 g/mol. The smallest absolute Gasteiger partial charge is 0.114 e. The van der Waals surface area contributed by atoms with Crippen LogP contribution in [0.2, 0.25) is 12.1 Å². The van der Waals surface area contributed by atoms with Crippen LogP contribution in [0.15, 0.2) is 0 Å². The summed E-state index contributed by atoms with van der Waals surface area (Å²) in [5.74, 6) is 0. The quantitative estimate of drug-likeness (QED) is 0.463. The molecule has 2 heteroatoms. The summed E-state index contributed by atoms with van der Waals surface area (Å²) < 4.78 is 0. The third-order valence-electron chi connectivity index (χ3n) is 1.04. The van der Waals surface area contributed by atoms with Crippen LogP contribution in [0.25, 0.3) is 0 Å². The van der Waals surface area contributed by atoms with Gasteiger partial charge in [-0.3, -0.25) is 0 Å². The molecule has 44 valence electrons. The topological polar surface area (TPSA) is 0 Å².